The van der Waals surface area contributed by atoms with E-state index < -0.39 is 0 Å². The summed E-state index contributed by atoms with van der Waals surface area (Å²) in [6.45, 7) is 2.11. The van der Waals surface area contributed by atoms with Crippen molar-refractivity contribution in [2.75, 3.05) is 0 Å². The van der Waals surface area contributed by atoms with E-state index in [2.05, 4.69) is 29.5 Å². The van der Waals surface area contributed by atoms with Crippen LogP contribution in [0.15, 0.2) is 60.7 Å². The van der Waals surface area contributed by atoms with Gasteiger partial charge in [0.1, 0.15) is 0 Å². The standard InChI is InChI=1S/C20H15N3S/c1-14-19(16-10-6-3-7-11-16)23-17(12-13-21)18(22-20(23)24-14)15-8-4-2-5-9-15/h2-11H,12H2,1H3. The minimum atomic E-state index is 0.335. The zero-order valence-corrected chi connectivity index (χ0v) is 14.0. The monoisotopic (exact) mass is 329 g/mol. The lowest BCUT2D eigenvalue weighted by molar-refractivity contribution is 1.07. The van der Waals surface area contributed by atoms with Gasteiger partial charge in [0.05, 0.1) is 29.6 Å². The Hall–Kier alpha value is -2.90. The van der Waals surface area contributed by atoms with E-state index in [0.29, 0.717) is 6.42 Å². The molecule has 116 valence electrons. The van der Waals surface area contributed by atoms with E-state index in [1.54, 1.807) is 11.3 Å². The van der Waals surface area contributed by atoms with Crippen LogP contribution in [-0.2, 0) is 6.42 Å². The zero-order chi connectivity index (χ0) is 16.5. The highest BCUT2D eigenvalue weighted by Gasteiger charge is 2.20. The molecule has 0 N–H and O–H groups in total. The molecule has 24 heavy (non-hydrogen) atoms. The molecule has 4 aromatic rings. The lowest BCUT2D eigenvalue weighted by Crippen LogP contribution is -1.96. The van der Waals surface area contributed by atoms with E-state index >= 15 is 0 Å². The molecule has 2 heterocycles. The van der Waals surface area contributed by atoms with Crippen molar-refractivity contribution < 1.29 is 0 Å². The Morgan fingerprint density at radius 3 is 2.25 bits per heavy atom. The number of nitriles is 1. The molecular formula is C20H15N3S. The summed E-state index contributed by atoms with van der Waals surface area (Å²) < 4.78 is 2.15. The molecule has 0 radical (unpaired) electrons. The molecule has 0 amide bonds. The van der Waals surface area contributed by atoms with Crippen LogP contribution >= 0.6 is 11.3 Å². The van der Waals surface area contributed by atoms with Gasteiger partial charge in [-0.3, -0.25) is 4.40 Å². The van der Waals surface area contributed by atoms with Crippen LogP contribution in [0.4, 0.5) is 0 Å². The molecular weight excluding hydrogens is 314 g/mol. The first-order chi connectivity index (χ1) is 11.8. The average Bonchev–Trinajstić information content (AvgIpc) is 3.12. The molecule has 0 aliphatic rings. The van der Waals surface area contributed by atoms with Crippen molar-refractivity contribution in [3.63, 3.8) is 0 Å². The molecule has 2 aromatic carbocycles. The normalized spacial score (nSPS) is 10.8. The molecule has 4 heteroatoms. The molecule has 2 aromatic heterocycles. The summed E-state index contributed by atoms with van der Waals surface area (Å²) in [4.78, 5) is 6.99. The molecule has 0 saturated carbocycles. The summed E-state index contributed by atoms with van der Waals surface area (Å²) in [6.07, 6.45) is 0.335. The fourth-order valence-electron chi connectivity index (χ4n) is 3.07. The Labute approximate surface area is 144 Å². The van der Waals surface area contributed by atoms with E-state index in [1.165, 1.54) is 4.88 Å². The molecule has 0 bridgehead atoms. The van der Waals surface area contributed by atoms with Crippen molar-refractivity contribution in [3.8, 4) is 28.6 Å². The summed E-state index contributed by atoms with van der Waals surface area (Å²) in [6, 6.07) is 22.7. The van der Waals surface area contributed by atoms with E-state index in [-0.39, 0.29) is 0 Å². The fourth-order valence-corrected chi connectivity index (χ4v) is 4.08. The van der Waals surface area contributed by atoms with Crippen molar-refractivity contribution in [1.82, 2.24) is 9.38 Å². The molecule has 4 rings (SSSR count). The molecule has 0 spiro atoms. The predicted molar refractivity (Wildman–Crippen MR) is 98.0 cm³/mol. The lowest BCUT2D eigenvalue weighted by atomic mass is 10.1. The van der Waals surface area contributed by atoms with Crippen LogP contribution in [0.1, 0.15) is 10.6 Å². The Morgan fingerprint density at radius 2 is 1.62 bits per heavy atom. The van der Waals surface area contributed by atoms with Crippen molar-refractivity contribution in [2.24, 2.45) is 0 Å². The van der Waals surface area contributed by atoms with Gasteiger partial charge in [0.15, 0.2) is 4.96 Å². The summed E-state index contributed by atoms with van der Waals surface area (Å²) >= 11 is 1.67. The number of hydrogen-bond donors (Lipinski definition) is 0. The highest BCUT2D eigenvalue weighted by molar-refractivity contribution is 7.17. The number of nitrogens with zero attached hydrogens (tertiary/aromatic N) is 3. The van der Waals surface area contributed by atoms with Gasteiger partial charge in [0, 0.05) is 10.4 Å². The number of aryl methyl sites for hydroxylation is 1. The molecule has 0 atom stereocenters. The minimum absolute atomic E-state index is 0.335. The largest absolute Gasteiger partial charge is 0.285 e. The van der Waals surface area contributed by atoms with Crippen LogP contribution in [0.3, 0.4) is 0 Å². The molecule has 3 nitrogen and oxygen atoms in total. The maximum absolute atomic E-state index is 9.35. The molecule has 0 unspecified atom stereocenters. The van der Waals surface area contributed by atoms with Gasteiger partial charge in [-0.2, -0.15) is 5.26 Å². The maximum atomic E-state index is 9.35. The van der Waals surface area contributed by atoms with Crippen molar-refractivity contribution in [2.45, 2.75) is 13.3 Å². The number of aromatic nitrogens is 2. The van der Waals surface area contributed by atoms with Gasteiger partial charge in [-0.1, -0.05) is 60.7 Å². The van der Waals surface area contributed by atoms with Gasteiger partial charge < -0.3 is 0 Å². The quantitative estimate of drug-likeness (QED) is 0.524. The Balaban J connectivity index is 2.04. The van der Waals surface area contributed by atoms with Crippen LogP contribution < -0.4 is 0 Å². The van der Waals surface area contributed by atoms with Crippen LogP contribution in [0.5, 0.6) is 0 Å². The first kappa shape index (κ1) is 14.7. The smallest absolute Gasteiger partial charge is 0.195 e. The first-order valence-electron chi connectivity index (χ1n) is 7.78. The van der Waals surface area contributed by atoms with Gasteiger partial charge in [-0.25, -0.2) is 4.98 Å². The first-order valence-corrected chi connectivity index (χ1v) is 8.59. The van der Waals surface area contributed by atoms with Crippen molar-refractivity contribution in [1.29, 1.82) is 5.26 Å². The molecule has 0 fully saturated rings. The van der Waals surface area contributed by atoms with Gasteiger partial charge >= 0.3 is 0 Å². The number of fused-ring (bicyclic) bond motifs is 1. The van der Waals surface area contributed by atoms with Crippen LogP contribution in [-0.4, -0.2) is 9.38 Å². The Morgan fingerprint density at radius 1 is 1.00 bits per heavy atom. The second kappa shape index (κ2) is 5.95. The molecule has 0 aliphatic carbocycles. The number of hydrogen-bond acceptors (Lipinski definition) is 3. The Kier molecular flexibility index (Phi) is 3.64. The maximum Gasteiger partial charge on any atom is 0.195 e. The third-order valence-corrected chi connectivity index (χ3v) is 5.04. The summed E-state index contributed by atoms with van der Waals surface area (Å²) in [5, 5.41) is 9.35. The second-order valence-electron chi connectivity index (χ2n) is 5.60. The SMILES string of the molecule is Cc1sc2nc(-c3ccccc3)c(CC#N)n2c1-c1ccccc1. The molecule has 0 aliphatic heterocycles. The van der Waals surface area contributed by atoms with Gasteiger partial charge in [-0.05, 0) is 12.5 Å². The van der Waals surface area contributed by atoms with E-state index in [4.69, 9.17) is 4.98 Å². The van der Waals surface area contributed by atoms with Crippen molar-refractivity contribution >= 4 is 16.3 Å². The number of imidazole rings is 1. The summed E-state index contributed by atoms with van der Waals surface area (Å²) in [7, 11) is 0. The van der Waals surface area contributed by atoms with Crippen LogP contribution in [0, 0.1) is 18.3 Å². The van der Waals surface area contributed by atoms with E-state index in [1.807, 2.05) is 48.5 Å². The third kappa shape index (κ3) is 2.31. The Bertz CT molecular complexity index is 1040. The van der Waals surface area contributed by atoms with E-state index in [9.17, 15) is 5.26 Å². The topological polar surface area (TPSA) is 41.1 Å². The highest BCUT2D eigenvalue weighted by Crippen LogP contribution is 2.36. The lowest BCUT2D eigenvalue weighted by Gasteiger charge is -2.06. The van der Waals surface area contributed by atoms with Crippen LogP contribution in [0.2, 0.25) is 0 Å². The van der Waals surface area contributed by atoms with Gasteiger partial charge in [-0.15, -0.1) is 11.3 Å². The number of benzene rings is 2. The van der Waals surface area contributed by atoms with Gasteiger partial charge in [0.25, 0.3) is 0 Å². The van der Waals surface area contributed by atoms with Crippen LogP contribution in [0.25, 0.3) is 27.5 Å². The minimum Gasteiger partial charge on any atom is -0.285 e. The predicted octanol–water partition coefficient (Wildman–Crippen LogP) is 5.10. The van der Waals surface area contributed by atoms with Gasteiger partial charge in [0.2, 0.25) is 0 Å². The van der Waals surface area contributed by atoms with Crippen molar-refractivity contribution in [3.05, 3.63) is 71.2 Å². The number of rotatable bonds is 3. The fraction of sp³-hybridized carbons (Fsp3) is 0.100. The highest BCUT2D eigenvalue weighted by atomic mass is 32.1. The number of thiazole rings is 1. The summed E-state index contributed by atoms with van der Waals surface area (Å²) in [5.41, 5.74) is 5.20. The summed E-state index contributed by atoms with van der Waals surface area (Å²) in [5.74, 6) is 0. The molecule has 0 saturated heterocycles. The second-order valence-corrected chi connectivity index (χ2v) is 6.78. The zero-order valence-electron chi connectivity index (χ0n) is 13.2. The third-order valence-electron chi connectivity index (χ3n) is 4.08. The average molecular weight is 329 g/mol. The van der Waals surface area contributed by atoms with E-state index in [0.717, 1.165) is 33.2 Å².